The van der Waals surface area contributed by atoms with Crippen LogP contribution in [0.25, 0.3) is 0 Å². The molecule has 12 atom stereocenters. The van der Waals surface area contributed by atoms with Gasteiger partial charge in [-0.05, 0) is 137 Å². The monoisotopic (exact) mass is 1260 g/mol. The Labute approximate surface area is 547 Å². The molecule has 92 heavy (non-hydrogen) atoms. The summed E-state index contributed by atoms with van der Waals surface area (Å²) in [6.45, 7) is 6.91. The fourth-order valence-electron chi connectivity index (χ4n) is 20.9. The standard InChI is InChI=1S/C76H106N8O8/c85-65(77-37-23-17-11-5-3-9-15-21-27-67(87)79-53-29-31-59-57(43-53)75-35-39-81-49-51-33-41-91-61-47-69(89)83(59)73(75)71(61)55(51)45-63(75)81)25-19-13-7-1-2-8-14-20-26-66(86)78-38-24-18-12-6-4-10-16-22-28-68(88)80-54-30-32-60-58(44-54)76-36-40-82-50-52-34-42-92-62-48-70(90)84(60)74(76)72(62)56(52)46-64(76)82/h29-34,43-44,55-56,61-64,71-74H,1-28,35-42,45-50H2,(H,77,85)(H,78,86)(H,79,87)(H,80,88)/t55-,56-,61-,62-,63-,64-,71-,72-,73-,74-,75+,76+/m0/s1. The summed E-state index contributed by atoms with van der Waals surface area (Å²) in [5.41, 5.74) is 9.24. The van der Waals surface area contributed by atoms with Gasteiger partial charge in [-0.3, -0.25) is 38.6 Å². The van der Waals surface area contributed by atoms with Crippen LogP contribution in [0.1, 0.15) is 229 Å². The van der Waals surface area contributed by atoms with Gasteiger partial charge in [-0.2, -0.15) is 0 Å². The average molecular weight is 1260 g/mol. The number of nitrogens with one attached hydrogen (secondary N) is 4. The first-order valence-corrected chi connectivity index (χ1v) is 37.3. The van der Waals surface area contributed by atoms with Crippen LogP contribution in [0.3, 0.4) is 0 Å². The zero-order chi connectivity index (χ0) is 62.8. The number of amides is 6. The number of nitrogens with zero attached hydrogens (tertiary/aromatic N) is 4. The Hall–Kier alpha value is -5.42. The molecule has 16 nitrogen and oxygen atoms in total. The maximum atomic E-state index is 13.8. The first kappa shape index (κ1) is 63.9. The van der Waals surface area contributed by atoms with E-state index in [-0.39, 0.29) is 70.6 Å². The summed E-state index contributed by atoms with van der Waals surface area (Å²) < 4.78 is 12.8. The van der Waals surface area contributed by atoms with E-state index in [2.05, 4.69) is 77.3 Å². The van der Waals surface area contributed by atoms with Gasteiger partial charge in [0.1, 0.15) is 0 Å². The van der Waals surface area contributed by atoms with Crippen LogP contribution >= 0.6 is 0 Å². The Kier molecular flexibility index (Phi) is 19.8. The number of hydrogen-bond acceptors (Lipinski definition) is 10. The van der Waals surface area contributed by atoms with Gasteiger partial charge in [0.25, 0.3) is 0 Å². The number of unbranched alkanes of at least 4 members (excludes halogenated alkanes) is 21. The van der Waals surface area contributed by atoms with E-state index in [9.17, 15) is 28.8 Å². The quantitative estimate of drug-likeness (QED) is 0.0383. The molecule has 0 unspecified atom stereocenters. The second-order valence-electron chi connectivity index (χ2n) is 30.3. The van der Waals surface area contributed by atoms with Gasteiger partial charge in [-0.25, -0.2) is 0 Å². The molecule has 4 bridgehead atoms. The summed E-state index contributed by atoms with van der Waals surface area (Å²) in [5.74, 6) is 2.52. The maximum Gasteiger partial charge on any atom is 0.229 e. The molecule has 16 heteroatoms. The van der Waals surface area contributed by atoms with Crippen molar-refractivity contribution in [1.82, 2.24) is 20.4 Å². The molecule has 14 rings (SSSR count). The second kappa shape index (κ2) is 28.5. The molecule has 6 saturated heterocycles. The van der Waals surface area contributed by atoms with Gasteiger partial charge in [0, 0.05) is 109 Å². The zero-order valence-electron chi connectivity index (χ0n) is 55.1. The SMILES string of the molecule is O=C(CCCCCCCCCCC(=O)NCCCCCCCCCCC(=O)Nc1ccc2c(c1)[C@@]13CCN4CC5=CCO[C@H]6CC(=O)N2[C@H]1[C@H]6[C@H]5C[C@H]43)NCCCCCCCCCCC(=O)Nc1ccc2c(c1)[C@@]13CCN4CC5=CCO[C@H]6CC(=O)N2[C@H]1[C@H]6[C@H]5C[C@H]43. The molecule has 2 spiro atoms. The molecule has 2 aromatic rings. The topological polar surface area (TPSA) is 182 Å². The van der Waals surface area contributed by atoms with Gasteiger partial charge in [0.2, 0.25) is 35.4 Å². The lowest BCUT2D eigenvalue weighted by Crippen LogP contribution is -2.69. The summed E-state index contributed by atoms with van der Waals surface area (Å²) >= 11 is 0. The third-order valence-electron chi connectivity index (χ3n) is 25.0. The van der Waals surface area contributed by atoms with Gasteiger partial charge in [0.15, 0.2) is 0 Å². The van der Waals surface area contributed by atoms with Gasteiger partial charge >= 0.3 is 0 Å². The third-order valence-corrected chi connectivity index (χ3v) is 25.0. The van der Waals surface area contributed by atoms with Crippen LogP contribution < -0.4 is 31.1 Å². The Morgan fingerprint density at radius 3 is 1.21 bits per heavy atom. The van der Waals surface area contributed by atoms with Crippen LogP contribution in [0.5, 0.6) is 0 Å². The minimum Gasteiger partial charge on any atom is -0.373 e. The minimum absolute atomic E-state index is 0.0124. The Morgan fingerprint density at radius 2 is 0.815 bits per heavy atom. The molecule has 0 aromatic heterocycles. The molecule has 8 fully saturated rings. The summed E-state index contributed by atoms with van der Waals surface area (Å²) in [4.78, 5) is 88.6. The predicted octanol–water partition coefficient (Wildman–Crippen LogP) is 12.2. The predicted molar refractivity (Wildman–Crippen MR) is 359 cm³/mol. The molecular weight excluding hydrogens is 1150 g/mol. The number of piperidine rings is 4. The largest absolute Gasteiger partial charge is 0.373 e. The van der Waals surface area contributed by atoms with Crippen LogP contribution in [0, 0.1) is 23.7 Å². The molecular formula is C76H106N8O8. The lowest BCUT2D eigenvalue weighted by Gasteiger charge is -2.58. The van der Waals surface area contributed by atoms with Crippen LogP contribution in [0.4, 0.5) is 22.7 Å². The molecule has 0 radical (unpaired) electrons. The second-order valence-corrected chi connectivity index (χ2v) is 30.3. The van der Waals surface area contributed by atoms with E-state index in [0.29, 0.717) is 87.5 Å². The highest BCUT2D eigenvalue weighted by atomic mass is 16.5. The molecule has 4 N–H and O–H groups in total. The number of ether oxygens (including phenoxy) is 2. The van der Waals surface area contributed by atoms with E-state index in [4.69, 9.17) is 9.47 Å². The van der Waals surface area contributed by atoms with Crippen molar-refractivity contribution < 1.29 is 38.2 Å². The zero-order valence-corrected chi connectivity index (χ0v) is 55.1. The van der Waals surface area contributed by atoms with Gasteiger partial charge in [-0.15, -0.1) is 0 Å². The number of hydrogen-bond donors (Lipinski definition) is 4. The third kappa shape index (κ3) is 12.5. The van der Waals surface area contributed by atoms with E-state index < -0.39 is 0 Å². The van der Waals surface area contributed by atoms with Crippen molar-refractivity contribution in [3.8, 4) is 0 Å². The highest BCUT2D eigenvalue weighted by Gasteiger charge is 2.73. The average Bonchev–Trinajstić information content (AvgIpc) is 1.50. The lowest BCUT2D eigenvalue weighted by atomic mass is 9.53. The molecule has 2 saturated carbocycles. The van der Waals surface area contributed by atoms with Crippen molar-refractivity contribution in [2.75, 3.05) is 72.9 Å². The van der Waals surface area contributed by atoms with Gasteiger partial charge < -0.3 is 40.5 Å². The van der Waals surface area contributed by atoms with E-state index >= 15 is 0 Å². The molecule has 2 aromatic carbocycles. The smallest absolute Gasteiger partial charge is 0.229 e. The van der Waals surface area contributed by atoms with Crippen LogP contribution in [0.15, 0.2) is 59.7 Å². The number of carbonyl (C=O) groups excluding carboxylic acids is 6. The Morgan fingerprint density at radius 1 is 0.457 bits per heavy atom. The lowest BCUT2D eigenvalue weighted by molar-refractivity contribution is -0.133. The van der Waals surface area contributed by atoms with Crippen molar-refractivity contribution in [2.45, 2.75) is 266 Å². The van der Waals surface area contributed by atoms with Crippen molar-refractivity contribution in [3.05, 3.63) is 70.8 Å². The van der Waals surface area contributed by atoms with Gasteiger partial charge in [0.05, 0.1) is 50.3 Å². The molecule has 6 amide bonds. The molecule has 498 valence electrons. The van der Waals surface area contributed by atoms with Crippen molar-refractivity contribution in [3.63, 3.8) is 0 Å². The highest BCUT2D eigenvalue weighted by Crippen LogP contribution is 2.68. The van der Waals surface area contributed by atoms with Crippen molar-refractivity contribution in [1.29, 1.82) is 0 Å². The minimum atomic E-state index is -0.0990. The number of benzene rings is 2. The first-order chi connectivity index (χ1) is 45.1. The normalized spacial score (nSPS) is 30.3. The number of rotatable bonds is 35. The Balaban J connectivity index is 0.372. The van der Waals surface area contributed by atoms with Gasteiger partial charge in [-0.1, -0.05) is 139 Å². The number of anilines is 4. The number of fused-ring (bicyclic) bond motifs is 4. The fourth-order valence-corrected chi connectivity index (χ4v) is 20.9. The number of carbonyl (C=O) groups is 6. The van der Waals surface area contributed by atoms with Crippen LogP contribution in [0.2, 0.25) is 0 Å². The Bertz CT molecular complexity index is 2920. The summed E-state index contributed by atoms with van der Waals surface area (Å²) in [6.07, 6.45) is 38.5. The molecule has 10 aliphatic heterocycles. The highest BCUT2D eigenvalue weighted by molar-refractivity contribution is 6.02. The van der Waals surface area contributed by atoms with E-state index in [0.717, 1.165) is 190 Å². The molecule has 2 aliphatic carbocycles. The van der Waals surface area contributed by atoms with E-state index in [1.807, 2.05) is 12.1 Å². The first-order valence-electron chi connectivity index (χ1n) is 37.3. The maximum absolute atomic E-state index is 13.8. The molecule has 12 aliphatic rings. The van der Waals surface area contributed by atoms with E-state index in [1.165, 1.54) is 73.6 Å². The van der Waals surface area contributed by atoms with Crippen LogP contribution in [-0.4, -0.2) is 134 Å². The van der Waals surface area contributed by atoms with Crippen LogP contribution in [-0.2, 0) is 49.1 Å². The fraction of sp³-hybridized carbons (Fsp3) is 0.711. The van der Waals surface area contributed by atoms with Crippen molar-refractivity contribution >= 4 is 58.2 Å². The summed E-state index contributed by atoms with van der Waals surface area (Å²) in [5, 5.41) is 12.7. The summed E-state index contributed by atoms with van der Waals surface area (Å²) in [7, 11) is 0. The summed E-state index contributed by atoms with van der Waals surface area (Å²) in [6, 6.07) is 13.8. The molecule has 10 heterocycles. The van der Waals surface area contributed by atoms with E-state index in [1.54, 1.807) is 0 Å². The van der Waals surface area contributed by atoms with Crippen molar-refractivity contribution in [2.24, 2.45) is 23.7 Å².